The first-order valence-corrected chi connectivity index (χ1v) is 33.1. The fraction of sp³-hybridized carbons (Fsp3) is 0. The molecule has 0 fully saturated rings. The Balaban J connectivity index is 0.00000427. The van der Waals surface area contributed by atoms with Crippen LogP contribution in [-0.4, -0.2) is 0 Å². The van der Waals surface area contributed by atoms with Crippen molar-refractivity contribution in [3.8, 4) is 0 Å². The molecule has 8 N–H and O–H groups in total. The van der Waals surface area contributed by atoms with Crippen molar-refractivity contribution in [2.24, 2.45) is 20.0 Å². The molecule has 16 aromatic rings. The molecule has 0 spiro atoms. The normalized spacial score (nSPS) is 12.9. The van der Waals surface area contributed by atoms with Gasteiger partial charge >= 0.3 is 21.0 Å². The van der Waals surface area contributed by atoms with E-state index in [2.05, 4.69) is 42.5 Å². The average molecular weight is 1450 g/mol. The first kappa shape index (κ1) is 66.8. The van der Waals surface area contributed by atoms with Crippen LogP contribution in [0.15, 0.2) is 263 Å². The summed E-state index contributed by atoms with van der Waals surface area (Å²) >= 11 is 1.06. The third-order valence-electron chi connectivity index (χ3n) is 17.3. The molecule has 1 aliphatic heterocycles. The molecule has 0 saturated carbocycles. The topological polar surface area (TPSA) is 219 Å². The molecule has 26 heteroatoms. The van der Waals surface area contributed by atoms with Gasteiger partial charge in [-0.3, -0.25) is 0 Å². The molecule has 8 bridgehead atoms. The van der Waals surface area contributed by atoms with Gasteiger partial charge in [-0.15, -0.1) is 0 Å². The fourth-order valence-corrected chi connectivity index (χ4v) is 12.6. The second kappa shape index (κ2) is 28.2. The predicted molar refractivity (Wildman–Crippen MR) is 390 cm³/mol. The molecule has 17 nitrogen and oxygen atoms in total. The van der Waals surface area contributed by atoms with E-state index in [-0.39, 0.29) is 45.5 Å². The Kier molecular flexibility index (Phi) is 17.8. The maximum absolute atomic E-state index is 18.9. The third-order valence-corrected chi connectivity index (χ3v) is 17.3. The van der Waals surface area contributed by atoms with Crippen LogP contribution in [0.1, 0.15) is 0 Å². The standard InChI is InChI=1S/C80H48F8N16.O.V/c81-57-49-50(58(82)66(90-42-27-11-2-12-28-42)65(57)89-41-25-9-1-10-26-41)74-97-73(49)101-75-51-52(60(84)68(92-44-31-15-4-16-32-44)67(59(51)83)91-43-29-13-3-14-30-43)77(98-75)103-79-55-56(64(88)72(96-48-39-23-8-24-40-48)71(63(55)87)95-47-37-21-7-22-38-47)80(100-79)104-78-54-53(76(99-78)102-74)61(85)69(93-45-33-17-5-18-34-45)70(62(54)86)94-46-35-19-6-20-36-46;;/h1-40,89-96H;;/q-4;;. The van der Waals surface area contributed by atoms with Gasteiger partial charge in [0.1, 0.15) is 45.5 Å². The molecule has 0 radical (unpaired) electrons. The number of aromatic nitrogens is 4. The molecule has 12 aromatic carbocycles. The van der Waals surface area contributed by atoms with Crippen molar-refractivity contribution in [3.05, 3.63) is 311 Å². The van der Waals surface area contributed by atoms with Crippen molar-refractivity contribution in [1.82, 2.24) is 19.9 Å². The quantitative estimate of drug-likeness (QED) is 0.0423. The van der Waals surface area contributed by atoms with Gasteiger partial charge in [-0.05, 0) is 97.1 Å². The Morgan fingerprint density at radius 2 is 0.330 bits per heavy atom. The van der Waals surface area contributed by atoms with Gasteiger partial charge in [0, 0.05) is 134 Å². The zero-order valence-electron chi connectivity index (χ0n) is 54.6. The number of para-hydroxylation sites is 8. The van der Waals surface area contributed by atoms with Gasteiger partial charge in [-0.1, -0.05) is 146 Å². The van der Waals surface area contributed by atoms with Crippen LogP contribution in [0.5, 0.6) is 0 Å². The average Bonchev–Trinajstić information content (AvgIpc) is 1.55. The number of nitrogens with zero attached hydrogens (tertiary/aromatic N) is 8. The number of benzene rings is 12. The summed E-state index contributed by atoms with van der Waals surface area (Å²) < 4.78 is 159. The zero-order valence-corrected chi connectivity index (χ0v) is 55.9. The van der Waals surface area contributed by atoms with Gasteiger partial charge in [0.25, 0.3) is 0 Å². The second-order valence-electron chi connectivity index (χ2n) is 23.9. The van der Waals surface area contributed by atoms with E-state index in [1.165, 1.54) is 0 Å². The summed E-state index contributed by atoms with van der Waals surface area (Å²) in [6.07, 6.45) is 0. The molecule has 0 amide bonds. The molecular formula is C80H48F8N16OV-4. The van der Waals surface area contributed by atoms with Crippen molar-refractivity contribution in [2.75, 3.05) is 42.5 Å². The van der Waals surface area contributed by atoms with Crippen molar-refractivity contribution in [1.29, 1.82) is 0 Å². The van der Waals surface area contributed by atoms with E-state index in [4.69, 9.17) is 43.6 Å². The zero-order chi connectivity index (χ0) is 72.7. The van der Waals surface area contributed by atoms with Gasteiger partial charge in [0.2, 0.25) is 0 Å². The SMILES string of the molecule is Fc1c(Nc2ccccc2)c(Nc2ccccc2)c(F)c2c3[n-]c(c12)/N=c1\[n-]/c(c2c(F)c(Nc4ccccc4)c(Nc4ccccc4)c(F)c12)=N\c1[n-]c(c2c(F)c(Nc4ccccc4)c(Nc4ccccc4)c(F)c12)/N=c1\[n-]/c(c2c(F)c(Nc4ccccc4)c(Nc4ccccc4)c(F)c12)=N\3.[O]=[V]. The van der Waals surface area contributed by atoms with Crippen molar-refractivity contribution in [2.45, 2.75) is 0 Å². The van der Waals surface area contributed by atoms with Crippen LogP contribution in [0.25, 0.3) is 43.1 Å². The van der Waals surface area contributed by atoms with E-state index in [1.807, 2.05) is 0 Å². The number of anilines is 16. The first-order chi connectivity index (χ1) is 51.9. The molecule has 1 aliphatic rings. The Hall–Kier alpha value is -13.8. The summed E-state index contributed by atoms with van der Waals surface area (Å²) in [7, 11) is 0. The summed E-state index contributed by atoms with van der Waals surface area (Å²) in [5.41, 5.74) is -4.88. The third kappa shape index (κ3) is 12.2. The van der Waals surface area contributed by atoms with Crippen LogP contribution in [-0.2, 0) is 21.0 Å². The monoisotopic (exact) mass is 1450 g/mol. The van der Waals surface area contributed by atoms with E-state index < -0.39 is 180 Å². The summed E-state index contributed by atoms with van der Waals surface area (Å²) in [6, 6.07) is 65.7. The molecule has 0 aliphatic carbocycles. The summed E-state index contributed by atoms with van der Waals surface area (Å²) in [5, 5.41) is 18.1. The molecule has 0 atom stereocenters. The summed E-state index contributed by atoms with van der Waals surface area (Å²) in [5.74, 6) is -13.0. The van der Waals surface area contributed by atoms with E-state index in [0.717, 1.165) is 17.4 Å². The minimum absolute atomic E-state index is 0.280. The molecule has 519 valence electrons. The van der Waals surface area contributed by atoms with Gasteiger partial charge in [0.05, 0.1) is 0 Å². The molecule has 0 unspecified atom stereocenters. The van der Waals surface area contributed by atoms with E-state index in [0.29, 0.717) is 0 Å². The number of rotatable bonds is 16. The number of nitrogens with one attached hydrogen (secondary N) is 8. The first-order valence-electron chi connectivity index (χ1n) is 32.6. The fourth-order valence-electron chi connectivity index (χ4n) is 12.6. The van der Waals surface area contributed by atoms with E-state index in [1.54, 1.807) is 243 Å². The van der Waals surface area contributed by atoms with Gasteiger partial charge in [-0.25, -0.2) is 35.1 Å². The van der Waals surface area contributed by atoms with Crippen molar-refractivity contribution in [3.63, 3.8) is 0 Å². The molecule has 106 heavy (non-hydrogen) atoms. The predicted octanol–water partition coefficient (Wildman–Crippen LogP) is 19.2. The Bertz CT molecular complexity index is 5590. The van der Waals surface area contributed by atoms with Gasteiger partial charge in [0.15, 0.2) is 46.5 Å². The molecule has 4 aromatic heterocycles. The Morgan fingerprint density at radius 1 is 0.198 bits per heavy atom. The van der Waals surface area contributed by atoms with Crippen LogP contribution in [0, 0.1) is 46.5 Å². The Labute approximate surface area is 603 Å². The van der Waals surface area contributed by atoms with Gasteiger partial charge in [-0.2, -0.15) is 0 Å². The molecule has 0 saturated heterocycles. The van der Waals surface area contributed by atoms with Crippen molar-refractivity contribution < 1.29 is 56.2 Å². The van der Waals surface area contributed by atoms with Gasteiger partial charge < -0.3 is 82.4 Å². The second-order valence-corrected chi connectivity index (χ2v) is 23.9. The van der Waals surface area contributed by atoms with E-state index >= 15 is 35.1 Å². The summed E-state index contributed by atoms with van der Waals surface area (Å²) in [6.45, 7) is 0. The number of hydrogen-bond donors (Lipinski definition) is 8. The number of hydrogen-bond acceptors (Lipinski definition) is 13. The van der Waals surface area contributed by atoms with Crippen LogP contribution in [0.3, 0.4) is 0 Å². The van der Waals surface area contributed by atoms with E-state index in [9.17, 15) is 0 Å². The maximum atomic E-state index is 18.9. The Morgan fingerprint density at radius 3 is 0.472 bits per heavy atom. The van der Waals surface area contributed by atoms with Crippen molar-refractivity contribution >= 4 is 157 Å². The van der Waals surface area contributed by atoms with Crippen LogP contribution < -0.4 is 84.4 Å². The molecular weight excluding hydrogens is 1400 g/mol. The summed E-state index contributed by atoms with van der Waals surface area (Å²) in [4.78, 5) is 37.8. The number of halogens is 8. The minimum atomic E-state index is -1.24. The molecule has 5 heterocycles. The van der Waals surface area contributed by atoms with Crippen LogP contribution >= 0.6 is 0 Å². The number of fused-ring (bicyclic) bond motifs is 20. The molecule has 17 rings (SSSR count). The van der Waals surface area contributed by atoms with Crippen LogP contribution in [0.4, 0.5) is 149 Å². The van der Waals surface area contributed by atoms with Crippen LogP contribution in [0.2, 0.25) is 0 Å².